The molecule has 0 heterocycles. The van der Waals surface area contributed by atoms with Gasteiger partial charge in [0.1, 0.15) is 0 Å². The van der Waals surface area contributed by atoms with E-state index in [0.717, 1.165) is 25.7 Å². The highest BCUT2D eigenvalue weighted by atomic mass is 19.1. The Labute approximate surface area is 114 Å². The molecule has 0 saturated heterocycles. The van der Waals surface area contributed by atoms with Gasteiger partial charge in [0.15, 0.2) is 11.6 Å². The van der Waals surface area contributed by atoms with Gasteiger partial charge in [-0.15, -0.1) is 0 Å². The van der Waals surface area contributed by atoms with Crippen molar-refractivity contribution in [3.8, 4) is 5.75 Å². The lowest BCUT2D eigenvalue weighted by Crippen LogP contribution is -2.40. The Balaban J connectivity index is 2.20. The van der Waals surface area contributed by atoms with Crippen LogP contribution in [0.3, 0.4) is 0 Å². The summed E-state index contributed by atoms with van der Waals surface area (Å²) < 4.78 is 19.1. The van der Waals surface area contributed by atoms with Crippen molar-refractivity contribution in [2.75, 3.05) is 7.11 Å². The van der Waals surface area contributed by atoms with Crippen LogP contribution in [-0.2, 0) is 6.42 Å². The zero-order valence-corrected chi connectivity index (χ0v) is 12.0. The summed E-state index contributed by atoms with van der Waals surface area (Å²) in [5.41, 5.74) is -0.128. The second kappa shape index (κ2) is 5.12. The number of benzene rings is 1. The van der Waals surface area contributed by atoms with Crippen molar-refractivity contribution in [1.82, 2.24) is 0 Å². The molecule has 19 heavy (non-hydrogen) atoms. The summed E-state index contributed by atoms with van der Waals surface area (Å²) in [6.45, 7) is 4.33. The minimum absolute atomic E-state index is 0.127. The van der Waals surface area contributed by atoms with Gasteiger partial charge in [0, 0.05) is 6.42 Å². The van der Waals surface area contributed by atoms with Crippen LogP contribution in [0.15, 0.2) is 18.2 Å². The van der Waals surface area contributed by atoms with Gasteiger partial charge in [-0.2, -0.15) is 0 Å². The van der Waals surface area contributed by atoms with Gasteiger partial charge in [0.2, 0.25) is 0 Å². The highest BCUT2D eigenvalue weighted by Crippen LogP contribution is 2.42. The molecule has 1 N–H and O–H groups in total. The molecule has 1 aliphatic rings. The summed E-state index contributed by atoms with van der Waals surface area (Å²) in [4.78, 5) is 0. The van der Waals surface area contributed by atoms with Gasteiger partial charge >= 0.3 is 0 Å². The zero-order valence-electron chi connectivity index (χ0n) is 12.0. The van der Waals surface area contributed by atoms with Crippen molar-refractivity contribution in [2.24, 2.45) is 5.41 Å². The summed E-state index contributed by atoms with van der Waals surface area (Å²) in [6.07, 6.45) is 3.94. The van der Waals surface area contributed by atoms with E-state index in [4.69, 9.17) is 4.74 Å². The zero-order chi connectivity index (χ0) is 14.1. The molecule has 1 saturated carbocycles. The summed E-state index contributed by atoms with van der Waals surface area (Å²) in [6, 6.07) is 5.11. The number of hydrogen-bond acceptors (Lipinski definition) is 2. The fraction of sp³-hybridized carbons (Fsp3) is 0.625. The molecule has 1 aromatic carbocycles. The Hall–Kier alpha value is -1.09. The Morgan fingerprint density at radius 1 is 1.32 bits per heavy atom. The fourth-order valence-electron chi connectivity index (χ4n) is 3.32. The lowest BCUT2D eigenvalue weighted by molar-refractivity contribution is -0.0387. The van der Waals surface area contributed by atoms with Crippen LogP contribution in [0.25, 0.3) is 0 Å². The molecule has 0 radical (unpaired) electrons. The van der Waals surface area contributed by atoms with E-state index in [2.05, 4.69) is 13.8 Å². The van der Waals surface area contributed by atoms with E-state index >= 15 is 0 Å². The van der Waals surface area contributed by atoms with Gasteiger partial charge in [-0.3, -0.25) is 0 Å². The molecule has 1 unspecified atom stereocenters. The third-order valence-electron chi connectivity index (χ3n) is 4.09. The molecule has 0 aromatic heterocycles. The number of ether oxygens (including phenoxy) is 1. The van der Waals surface area contributed by atoms with Crippen LogP contribution in [0, 0.1) is 11.2 Å². The van der Waals surface area contributed by atoms with E-state index in [1.165, 1.54) is 7.11 Å². The van der Waals surface area contributed by atoms with E-state index in [1.807, 2.05) is 0 Å². The average Bonchev–Trinajstić information content (AvgIpc) is 2.30. The summed E-state index contributed by atoms with van der Waals surface area (Å²) in [7, 11) is 1.46. The maximum absolute atomic E-state index is 14.2. The SMILES string of the molecule is COc1cccc(CC2(O)CCCC(C)(C)C2)c1F. The molecule has 1 aliphatic carbocycles. The standard InChI is InChI=1S/C16H23FO2/c1-15(2)8-5-9-16(18,11-15)10-12-6-4-7-13(19-3)14(12)17/h4,6-7,18H,5,8-11H2,1-3H3. The van der Waals surface area contributed by atoms with E-state index in [-0.39, 0.29) is 17.0 Å². The molecule has 3 heteroatoms. The highest BCUT2D eigenvalue weighted by Gasteiger charge is 2.38. The lowest BCUT2D eigenvalue weighted by atomic mass is 9.68. The predicted octanol–water partition coefficient (Wildman–Crippen LogP) is 3.71. The Kier molecular flexibility index (Phi) is 3.86. The minimum atomic E-state index is -0.797. The molecule has 2 nitrogen and oxygen atoms in total. The largest absolute Gasteiger partial charge is 0.494 e. The van der Waals surface area contributed by atoms with Crippen LogP contribution < -0.4 is 4.74 Å². The van der Waals surface area contributed by atoms with Crippen molar-refractivity contribution in [3.63, 3.8) is 0 Å². The first-order chi connectivity index (χ1) is 8.85. The van der Waals surface area contributed by atoms with Crippen LogP contribution >= 0.6 is 0 Å². The summed E-state index contributed by atoms with van der Waals surface area (Å²) >= 11 is 0. The number of halogens is 1. The van der Waals surface area contributed by atoms with Gasteiger partial charge in [-0.25, -0.2) is 4.39 Å². The Morgan fingerprint density at radius 2 is 2.05 bits per heavy atom. The van der Waals surface area contributed by atoms with Gasteiger partial charge in [-0.1, -0.05) is 32.4 Å². The second-order valence-electron chi connectivity index (χ2n) is 6.53. The molecule has 0 amide bonds. The van der Waals surface area contributed by atoms with Gasteiger partial charge in [0.05, 0.1) is 12.7 Å². The first kappa shape index (κ1) is 14.3. The normalized spacial score (nSPS) is 26.2. The van der Waals surface area contributed by atoms with E-state index < -0.39 is 5.60 Å². The van der Waals surface area contributed by atoms with Crippen LogP contribution in [0.1, 0.15) is 45.1 Å². The smallest absolute Gasteiger partial charge is 0.168 e. The average molecular weight is 266 g/mol. The van der Waals surface area contributed by atoms with Gasteiger partial charge < -0.3 is 9.84 Å². The number of hydrogen-bond donors (Lipinski definition) is 1. The maximum Gasteiger partial charge on any atom is 0.168 e. The van der Waals surface area contributed by atoms with E-state index in [9.17, 15) is 9.50 Å². The molecular formula is C16H23FO2. The maximum atomic E-state index is 14.2. The molecule has 0 spiro atoms. The molecule has 2 rings (SSSR count). The topological polar surface area (TPSA) is 29.5 Å². The van der Waals surface area contributed by atoms with E-state index in [1.54, 1.807) is 18.2 Å². The number of aliphatic hydroxyl groups is 1. The monoisotopic (exact) mass is 266 g/mol. The fourth-order valence-corrected chi connectivity index (χ4v) is 3.32. The third-order valence-corrected chi connectivity index (χ3v) is 4.09. The van der Waals surface area contributed by atoms with Crippen LogP contribution in [-0.4, -0.2) is 17.8 Å². The van der Waals surface area contributed by atoms with Crippen LogP contribution in [0.2, 0.25) is 0 Å². The highest BCUT2D eigenvalue weighted by molar-refractivity contribution is 5.32. The van der Waals surface area contributed by atoms with Crippen molar-refractivity contribution in [2.45, 2.75) is 51.6 Å². The molecule has 0 aliphatic heterocycles. The number of methoxy groups -OCH3 is 1. The first-order valence-corrected chi connectivity index (χ1v) is 6.89. The quantitative estimate of drug-likeness (QED) is 0.903. The number of rotatable bonds is 3. The Morgan fingerprint density at radius 3 is 2.68 bits per heavy atom. The first-order valence-electron chi connectivity index (χ1n) is 6.89. The van der Waals surface area contributed by atoms with Gasteiger partial charge in [-0.05, 0) is 36.3 Å². The third kappa shape index (κ3) is 3.27. The molecule has 1 aromatic rings. The van der Waals surface area contributed by atoms with Crippen molar-refractivity contribution < 1.29 is 14.2 Å². The van der Waals surface area contributed by atoms with Crippen LogP contribution in [0.4, 0.5) is 4.39 Å². The molecular weight excluding hydrogens is 243 g/mol. The summed E-state index contributed by atoms with van der Waals surface area (Å²) in [5, 5.41) is 10.7. The van der Waals surface area contributed by atoms with Gasteiger partial charge in [0.25, 0.3) is 0 Å². The molecule has 0 bridgehead atoms. The van der Waals surface area contributed by atoms with E-state index in [0.29, 0.717) is 12.0 Å². The molecule has 106 valence electrons. The van der Waals surface area contributed by atoms with Crippen LogP contribution in [0.5, 0.6) is 5.75 Å². The van der Waals surface area contributed by atoms with Crippen molar-refractivity contribution in [3.05, 3.63) is 29.6 Å². The Bertz CT molecular complexity index is 456. The molecule has 1 fully saturated rings. The summed E-state index contributed by atoms with van der Waals surface area (Å²) in [5.74, 6) is -0.0991. The molecule has 1 atom stereocenters. The van der Waals surface area contributed by atoms with Crippen molar-refractivity contribution in [1.29, 1.82) is 0 Å². The lowest BCUT2D eigenvalue weighted by Gasteiger charge is -2.41. The second-order valence-corrected chi connectivity index (χ2v) is 6.53. The predicted molar refractivity (Wildman–Crippen MR) is 73.9 cm³/mol. The minimum Gasteiger partial charge on any atom is -0.494 e. The van der Waals surface area contributed by atoms with Crippen molar-refractivity contribution >= 4 is 0 Å².